The van der Waals surface area contributed by atoms with Crippen LogP contribution in [0.5, 0.6) is 0 Å². The van der Waals surface area contributed by atoms with Crippen molar-refractivity contribution in [1.29, 1.82) is 0 Å². The molecular weight excluding hydrogens is 404 g/mol. The Bertz CT molecular complexity index is 404. The molecule has 0 aliphatic rings. The lowest BCUT2D eigenvalue weighted by atomic mass is 10.3. The maximum Gasteiger partial charge on any atom is 0.307 e. The lowest BCUT2D eigenvalue weighted by molar-refractivity contribution is -0.144. The Kier molecular flexibility index (Phi) is 19.4. The number of hydrogen-bond donors (Lipinski definition) is 2. The van der Waals surface area contributed by atoms with Crippen molar-refractivity contribution in [3.05, 3.63) is 0 Å². The van der Waals surface area contributed by atoms with Crippen LogP contribution in [0.1, 0.15) is 26.2 Å². The Morgan fingerprint density at radius 1 is 0.821 bits per heavy atom. The molecule has 0 unspecified atom stereocenters. The van der Waals surface area contributed by atoms with E-state index in [-0.39, 0.29) is 31.6 Å². The molecule has 0 rings (SSSR count). The molecule has 0 saturated heterocycles. The lowest BCUT2D eigenvalue weighted by Crippen LogP contribution is -2.37. The highest BCUT2D eigenvalue weighted by atomic mass is 33.1. The smallest absolute Gasteiger partial charge is 0.307 e. The molecule has 28 heavy (non-hydrogen) atoms. The van der Waals surface area contributed by atoms with E-state index in [1.165, 1.54) is 0 Å². The average Bonchev–Trinajstić information content (AvgIpc) is 2.66. The Balaban J connectivity index is 3.68. The van der Waals surface area contributed by atoms with Gasteiger partial charge in [-0.2, -0.15) is 0 Å². The van der Waals surface area contributed by atoms with Crippen LogP contribution < -0.4 is 0 Å². The molecule has 0 aromatic heterocycles. The molecular formula is C18H36N2O6S2. The summed E-state index contributed by atoms with van der Waals surface area (Å²) in [6.45, 7) is 5.99. The summed E-state index contributed by atoms with van der Waals surface area (Å²) in [5.41, 5.74) is 0. The van der Waals surface area contributed by atoms with Crippen molar-refractivity contribution in [3.8, 4) is 0 Å². The van der Waals surface area contributed by atoms with Crippen molar-refractivity contribution in [1.82, 2.24) is 9.80 Å². The zero-order chi connectivity index (χ0) is 21.0. The van der Waals surface area contributed by atoms with E-state index in [0.29, 0.717) is 45.0 Å². The van der Waals surface area contributed by atoms with E-state index in [1.54, 1.807) is 21.6 Å². The summed E-state index contributed by atoms with van der Waals surface area (Å²) >= 11 is 0. The minimum absolute atomic E-state index is 0.0420. The third-order valence-electron chi connectivity index (χ3n) is 3.72. The Morgan fingerprint density at radius 3 is 1.93 bits per heavy atom. The maximum absolute atomic E-state index is 11.8. The number of hydrogen-bond acceptors (Lipinski definition) is 10. The van der Waals surface area contributed by atoms with Gasteiger partial charge in [-0.05, 0) is 13.5 Å². The molecule has 0 amide bonds. The van der Waals surface area contributed by atoms with Gasteiger partial charge >= 0.3 is 11.9 Å². The van der Waals surface area contributed by atoms with Crippen LogP contribution in [-0.2, 0) is 19.1 Å². The second-order valence-electron chi connectivity index (χ2n) is 6.18. The molecule has 166 valence electrons. The summed E-state index contributed by atoms with van der Waals surface area (Å²) in [5, 5.41) is 18.1. The second kappa shape index (κ2) is 19.8. The van der Waals surface area contributed by atoms with Gasteiger partial charge in [0, 0.05) is 50.7 Å². The van der Waals surface area contributed by atoms with E-state index < -0.39 is 0 Å². The first-order chi connectivity index (χ1) is 13.5. The predicted octanol–water partition coefficient (Wildman–Crippen LogP) is 0.863. The fourth-order valence-electron chi connectivity index (χ4n) is 2.17. The van der Waals surface area contributed by atoms with Gasteiger partial charge in [0.15, 0.2) is 0 Å². The van der Waals surface area contributed by atoms with E-state index in [2.05, 4.69) is 0 Å². The number of likely N-dealkylation sites (N-methyl/N-ethyl adjacent to an activating group) is 1. The highest BCUT2D eigenvalue weighted by molar-refractivity contribution is 8.76. The van der Waals surface area contributed by atoms with E-state index in [9.17, 15) is 9.59 Å². The molecule has 10 heteroatoms. The van der Waals surface area contributed by atoms with Crippen molar-refractivity contribution >= 4 is 33.5 Å². The fraction of sp³-hybridized carbons (Fsp3) is 0.889. The molecule has 0 aromatic rings. The number of nitrogens with zero attached hydrogens (tertiary/aromatic N) is 2. The summed E-state index contributed by atoms with van der Waals surface area (Å²) in [7, 11) is 5.10. The van der Waals surface area contributed by atoms with Crippen LogP contribution in [0.3, 0.4) is 0 Å². The number of ether oxygens (including phenoxy) is 2. The molecule has 0 radical (unpaired) electrons. The lowest BCUT2D eigenvalue weighted by Gasteiger charge is -2.24. The van der Waals surface area contributed by atoms with Crippen LogP contribution in [0, 0.1) is 0 Å². The average molecular weight is 441 g/mol. The summed E-state index contributed by atoms with van der Waals surface area (Å²) in [4.78, 5) is 27.0. The fourth-order valence-corrected chi connectivity index (χ4v) is 3.82. The van der Waals surface area contributed by atoms with Gasteiger partial charge in [-0.3, -0.25) is 14.5 Å². The van der Waals surface area contributed by atoms with Crippen molar-refractivity contribution in [2.75, 3.05) is 77.7 Å². The first-order valence-electron chi connectivity index (χ1n) is 9.71. The van der Waals surface area contributed by atoms with Crippen LogP contribution in [0.15, 0.2) is 0 Å². The topological polar surface area (TPSA) is 99.5 Å². The van der Waals surface area contributed by atoms with Gasteiger partial charge in [-0.1, -0.05) is 28.5 Å². The van der Waals surface area contributed by atoms with E-state index in [0.717, 1.165) is 25.3 Å². The molecule has 0 aliphatic carbocycles. The molecule has 0 fully saturated rings. The quantitative estimate of drug-likeness (QED) is 0.171. The third kappa shape index (κ3) is 17.6. The van der Waals surface area contributed by atoms with Crippen molar-refractivity contribution < 1.29 is 29.3 Å². The highest BCUT2D eigenvalue weighted by Crippen LogP contribution is 2.20. The Hall–Kier alpha value is -0.520. The number of esters is 2. The summed E-state index contributed by atoms with van der Waals surface area (Å²) in [6, 6.07) is 0. The summed E-state index contributed by atoms with van der Waals surface area (Å²) < 4.78 is 10.3. The van der Waals surface area contributed by atoms with Gasteiger partial charge in [-0.15, -0.1) is 0 Å². The van der Waals surface area contributed by atoms with Gasteiger partial charge in [-0.25, -0.2) is 0 Å². The predicted molar refractivity (Wildman–Crippen MR) is 114 cm³/mol. The minimum atomic E-state index is -0.245. The van der Waals surface area contributed by atoms with E-state index in [1.807, 2.05) is 23.8 Å². The molecule has 0 spiro atoms. The zero-order valence-electron chi connectivity index (χ0n) is 17.1. The van der Waals surface area contributed by atoms with Gasteiger partial charge in [0.05, 0.1) is 19.6 Å². The normalized spacial score (nSPS) is 11.2. The van der Waals surface area contributed by atoms with Crippen LogP contribution in [0.4, 0.5) is 0 Å². The standard InChI is InChI=1S/C18H36N2O6S2/c1-3-4-17(23)25-13-15-27-28-16-14-26-18(24)5-6-20(10-12-22)8-7-19(2)9-11-21/h21-22H,3-16H2,1-2H3. The number of rotatable bonds is 19. The summed E-state index contributed by atoms with van der Waals surface area (Å²) in [6.07, 6.45) is 1.54. The first kappa shape index (κ1) is 27.5. The highest BCUT2D eigenvalue weighted by Gasteiger charge is 2.10. The molecule has 8 nitrogen and oxygen atoms in total. The largest absolute Gasteiger partial charge is 0.465 e. The Labute approximate surface area is 176 Å². The van der Waals surface area contributed by atoms with Gasteiger partial charge in [0.1, 0.15) is 13.2 Å². The number of carbonyl (C=O) groups is 2. The number of aliphatic hydroxyl groups is 2. The molecule has 0 atom stereocenters. The SMILES string of the molecule is CCCC(=O)OCCSSCCOC(=O)CCN(CCO)CCN(C)CCO. The van der Waals surface area contributed by atoms with Gasteiger partial charge in [0.2, 0.25) is 0 Å². The first-order valence-corrected chi connectivity index (χ1v) is 12.2. The van der Waals surface area contributed by atoms with Crippen molar-refractivity contribution in [2.24, 2.45) is 0 Å². The molecule has 2 N–H and O–H groups in total. The zero-order valence-corrected chi connectivity index (χ0v) is 18.8. The number of aliphatic hydroxyl groups excluding tert-OH is 2. The van der Waals surface area contributed by atoms with E-state index in [4.69, 9.17) is 19.7 Å². The van der Waals surface area contributed by atoms with Gasteiger partial charge < -0.3 is 24.6 Å². The molecule has 0 aliphatic heterocycles. The minimum Gasteiger partial charge on any atom is -0.465 e. The van der Waals surface area contributed by atoms with Crippen molar-refractivity contribution in [3.63, 3.8) is 0 Å². The van der Waals surface area contributed by atoms with Crippen molar-refractivity contribution in [2.45, 2.75) is 26.2 Å². The van der Waals surface area contributed by atoms with E-state index >= 15 is 0 Å². The van der Waals surface area contributed by atoms with Crippen LogP contribution in [-0.4, -0.2) is 110 Å². The maximum atomic E-state index is 11.8. The van der Waals surface area contributed by atoms with Gasteiger partial charge in [0.25, 0.3) is 0 Å². The summed E-state index contributed by atoms with van der Waals surface area (Å²) in [5.74, 6) is 1.00. The Morgan fingerprint density at radius 2 is 1.39 bits per heavy atom. The molecule has 0 bridgehead atoms. The second-order valence-corrected chi connectivity index (χ2v) is 8.88. The number of carbonyl (C=O) groups excluding carboxylic acids is 2. The molecule has 0 aromatic carbocycles. The van der Waals surface area contributed by atoms with Crippen LogP contribution in [0.25, 0.3) is 0 Å². The third-order valence-corrected chi connectivity index (χ3v) is 6.06. The van der Waals surface area contributed by atoms with Crippen LogP contribution >= 0.6 is 21.6 Å². The molecule has 0 heterocycles. The molecule has 0 saturated carbocycles. The monoisotopic (exact) mass is 440 g/mol. The van der Waals surface area contributed by atoms with Crippen LogP contribution in [0.2, 0.25) is 0 Å².